The zero-order valence-corrected chi connectivity index (χ0v) is 19.0. The Labute approximate surface area is 188 Å². The standard InChI is InChI=1S/C23H30ClN5O2/c1-16-18(24)7-6-8-19(16)28-22(30)11-13-26-23(25-2)27-17-12-14-29(15-17)20-9-4-5-10-21(20)31-3/h4-10,17H,11-15H2,1-3H3,(H,28,30)(H2,25,26,27). The lowest BCUT2D eigenvalue weighted by atomic mass is 10.2. The van der Waals surface area contributed by atoms with Crippen LogP contribution in [-0.2, 0) is 4.79 Å². The molecule has 0 radical (unpaired) electrons. The summed E-state index contributed by atoms with van der Waals surface area (Å²) in [6, 6.07) is 13.8. The monoisotopic (exact) mass is 443 g/mol. The third kappa shape index (κ3) is 6.04. The van der Waals surface area contributed by atoms with Gasteiger partial charge in [-0.2, -0.15) is 0 Å². The first-order chi connectivity index (χ1) is 15.0. The summed E-state index contributed by atoms with van der Waals surface area (Å²) in [6.45, 7) is 4.16. The number of aliphatic imine (C=N–C) groups is 1. The highest BCUT2D eigenvalue weighted by atomic mass is 35.5. The molecule has 1 saturated heterocycles. The van der Waals surface area contributed by atoms with Gasteiger partial charge in [0.1, 0.15) is 5.75 Å². The van der Waals surface area contributed by atoms with Crippen LogP contribution in [0.2, 0.25) is 5.02 Å². The van der Waals surface area contributed by atoms with E-state index in [9.17, 15) is 4.79 Å². The lowest BCUT2D eigenvalue weighted by Crippen LogP contribution is -2.45. The van der Waals surface area contributed by atoms with Crippen molar-refractivity contribution in [2.45, 2.75) is 25.8 Å². The molecule has 1 fully saturated rings. The number of nitrogens with zero attached hydrogens (tertiary/aromatic N) is 2. The minimum atomic E-state index is -0.0727. The second kappa shape index (κ2) is 10.9. The first-order valence-electron chi connectivity index (χ1n) is 10.4. The van der Waals surface area contributed by atoms with Crippen LogP contribution in [-0.4, -0.2) is 51.7 Å². The molecule has 31 heavy (non-hydrogen) atoms. The SMILES string of the molecule is CN=C(NCCC(=O)Nc1cccc(Cl)c1C)NC1CCN(c2ccccc2OC)C1. The van der Waals surface area contributed by atoms with E-state index >= 15 is 0 Å². The molecule has 0 bridgehead atoms. The minimum absolute atomic E-state index is 0.0727. The Morgan fingerprint density at radius 2 is 2.06 bits per heavy atom. The van der Waals surface area contributed by atoms with Gasteiger partial charge in [0.05, 0.1) is 12.8 Å². The number of benzene rings is 2. The molecule has 1 amide bonds. The van der Waals surface area contributed by atoms with E-state index in [-0.39, 0.29) is 11.9 Å². The number of carbonyl (C=O) groups excluding carboxylic acids is 1. The molecule has 3 N–H and O–H groups in total. The van der Waals surface area contributed by atoms with E-state index in [1.165, 1.54) is 0 Å². The molecular formula is C23H30ClN5O2. The molecule has 1 heterocycles. The molecule has 2 aromatic carbocycles. The van der Waals surface area contributed by atoms with Crippen LogP contribution in [0, 0.1) is 6.92 Å². The maximum atomic E-state index is 12.3. The first-order valence-corrected chi connectivity index (χ1v) is 10.8. The number of halogens is 1. The Morgan fingerprint density at radius 3 is 2.84 bits per heavy atom. The van der Waals surface area contributed by atoms with Gasteiger partial charge >= 0.3 is 0 Å². The Kier molecular flexibility index (Phi) is 8.00. The highest BCUT2D eigenvalue weighted by molar-refractivity contribution is 6.31. The maximum absolute atomic E-state index is 12.3. The number of carbonyl (C=O) groups is 1. The number of hydrogen-bond acceptors (Lipinski definition) is 4. The predicted octanol–water partition coefficient (Wildman–Crippen LogP) is 3.43. The average molecular weight is 444 g/mol. The molecule has 0 aromatic heterocycles. The summed E-state index contributed by atoms with van der Waals surface area (Å²) in [5, 5.41) is 10.2. The number of ether oxygens (including phenoxy) is 1. The van der Waals surface area contributed by atoms with Crippen molar-refractivity contribution in [3.63, 3.8) is 0 Å². The number of anilines is 2. The molecule has 8 heteroatoms. The number of nitrogens with one attached hydrogen (secondary N) is 3. The number of methoxy groups -OCH3 is 1. The van der Waals surface area contributed by atoms with Crippen LogP contribution >= 0.6 is 11.6 Å². The van der Waals surface area contributed by atoms with Gasteiger partial charge in [0.2, 0.25) is 5.91 Å². The molecule has 2 aromatic rings. The smallest absolute Gasteiger partial charge is 0.226 e. The van der Waals surface area contributed by atoms with Crippen LogP contribution in [0.25, 0.3) is 0 Å². The van der Waals surface area contributed by atoms with Crippen LogP contribution in [0.4, 0.5) is 11.4 Å². The molecule has 0 spiro atoms. The minimum Gasteiger partial charge on any atom is -0.495 e. The van der Waals surface area contributed by atoms with Gasteiger partial charge < -0.3 is 25.6 Å². The van der Waals surface area contributed by atoms with Crippen LogP contribution in [0.5, 0.6) is 5.75 Å². The molecule has 3 rings (SSSR count). The summed E-state index contributed by atoms with van der Waals surface area (Å²) in [4.78, 5) is 18.9. The molecule has 1 unspecified atom stereocenters. The van der Waals surface area contributed by atoms with E-state index in [2.05, 4.69) is 31.9 Å². The van der Waals surface area contributed by atoms with Gasteiger partial charge in [-0.05, 0) is 43.2 Å². The van der Waals surface area contributed by atoms with Crippen LogP contribution < -0.4 is 25.6 Å². The second-order valence-corrected chi connectivity index (χ2v) is 7.86. The van der Waals surface area contributed by atoms with Gasteiger partial charge in [0, 0.05) is 49.9 Å². The fourth-order valence-corrected chi connectivity index (χ4v) is 3.80. The first kappa shape index (κ1) is 22.7. The van der Waals surface area contributed by atoms with Crippen molar-refractivity contribution in [3.05, 3.63) is 53.1 Å². The average Bonchev–Trinajstić information content (AvgIpc) is 3.24. The topological polar surface area (TPSA) is 78.0 Å². The van der Waals surface area contributed by atoms with Crippen molar-refractivity contribution in [2.24, 2.45) is 4.99 Å². The number of rotatable bonds is 7. The van der Waals surface area contributed by atoms with E-state index in [0.717, 1.165) is 42.2 Å². The second-order valence-electron chi connectivity index (χ2n) is 7.46. The lowest BCUT2D eigenvalue weighted by Gasteiger charge is -2.22. The number of hydrogen-bond donors (Lipinski definition) is 3. The zero-order chi connectivity index (χ0) is 22.2. The van der Waals surface area contributed by atoms with Crippen molar-refractivity contribution < 1.29 is 9.53 Å². The third-order valence-electron chi connectivity index (χ3n) is 5.36. The Bertz CT molecular complexity index is 934. The zero-order valence-electron chi connectivity index (χ0n) is 18.2. The fraction of sp³-hybridized carbons (Fsp3) is 0.391. The Morgan fingerprint density at radius 1 is 1.26 bits per heavy atom. The van der Waals surface area contributed by atoms with Gasteiger partial charge in [-0.3, -0.25) is 9.79 Å². The number of para-hydroxylation sites is 2. The van der Waals surface area contributed by atoms with Gasteiger partial charge in [-0.1, -0.05) is 29.8 Å². The van der Waals surface area contributed by atoms with Gasteiger partial charge in [-0.25, -0.2) is 0 Å². The van der Waals surface area contributed by atoms with E-state index in [1.807, 2.05) is 43.3 Å². The Balaban J connectivity index is 1.45. The summed E-state index contributed by atoms with van der Waals surface area (Å²) in [6.07, 6.45) is 1.32. The number of amides is 1. The molecule has 0 aliphatic carbocycles. The number of guanidine groups is 1. The van der Waals surface area contributed by atoms with Gasteiger partial charge in [0.15, 0.2) is 5.96 Å². The molecule has 0 saturated carbocycles. The van der Waals surface area contributed by atoms with Crippen molar-refractivity contribution >= 4 is 34.8 Å². The normalized spacial score (nSPS) is 16.2. The summed E-state index contributed by atoms with van der Waals surface area (Å²) < 4.78 is 5.48. The third-order valence-corrected chi connectivity index (χ3v) is 5.77. The van der Waals surface area contributed by atoms with Crippen molar-refractivity contribution in [3.8, 4) is 5.75 Å². The molecule has 1 atom stereocenters. The summed E-state index contributed by atoms with van der Waals surface area (Å²) >= 11 is 6.11. The Hall–Kier alpha value is -2.93. The van der Waals surface area contributed by atoms with E-state index in [1.54, 1.807) is 14.2 Å². The van der Waals surface area contributed by atoms with Gasteiger partial charge in [0.25, 0.3) is 0 Å². The van der Waals surface area contributed by atoms with Crippen LogP contribution in [0.15, 0.2) is 47.5 Å². The summed E-state index contributed by atoms with van der Waals surface area (Å²) in [7, 11) is 3.43. The highest BCUT2D eigenvalue weighted by Crippen LogP contribution is 2.30. The predicted molar refractivity (Wildman–Crippen MR) is 128 cm³/mol. The fourth-order valence-electron chi connectivity index (χ4n) is 3.63. The van der Waals surface area contributed by atoms with Crippen LogP contribution in [0.3, 0.4) is 0 Å². The van der Waals surface area contributed by atoms with E-state index < -0.39 is 0 Å². The van der Waals surface area contributed by atoms with Crippen molar-refractivity contribution in [1.29, 1.82) is 0 Å². The van der Waals surface area contributed by atoms with Crippen molar-refractivity contribution in [1.82, 2.24) is 10.6 Å². The highest BCUT2D eigenvalue weighted by Gasteiger charge is 2.25. The molecule has 1 aliphatic rings. The largest absolute Gasteiger partial charge is 0.495 e. The van der Waals surface area contributed by atoms with Gasteiger partial charge in [-0.15, -0.1) is 0 Å². The molecule has 7 nitrogen and oxygen atoms in total. The van der Waals surface area contributed by atoms with Crippen LogP contribution in [0.1, 0.15) is 18.4 Å². The summed E-state index contributed by atoms with van der Waals surface area (Å²) in [5.41, 5.74) is 2.71. The van der Waals surface area contributed by atoms with E-state index in [4.69, 9.17) is 16.3 Å². The molecule has 166 valence electrons. The maximum Gasteiger partial charge on any atom is 0.226 e. The molecular weight excluding hydrogens is 414 g/mol. The van der Waals surface area contributed by atoms with E-state index in [0.29, 0.717) is 23.9 Å². The lowest BCUT2D eigenvalue weighted by molar-refractivity contribution is -0.116. The quantitative estimate of drug-likeness (QED) is 0.451. The molecule has 1 aliphatic heterocycles. The van der Waals surface area contributed by atoms with Crippen molar-refractivity contribution in [2.75, 3.05) is 44.0 Å². The summed E-state index contributed by atoms with van der Waals surface area (Å²) in [5.74, 6) is 1.50.